The van der Waals surface area contributed by atoms with Crippen molar-refractivity contribution in [3.05, 3.63) is 0 Å². The summed E-state index contributed by atoms with van der Waals surface area (Å²) in [6, 6.07) is 0. The largest absolute Gasteiger partial charge is 0.351 e. The van der Waals surface area contributed by atoms with Crippen LogP contribution in [0.25, 0.3) is 0 Å². The van der Waals surface area contributed by atoms with Crippen molar-refractivity contribution in [3.63, 3.8) is 0 Å². The summed E-state index contributed by atoms with van der Waals surface area (Å²) in [7, 11) is 3.16. The zero-order valence-electron chi connectivity index (χ0n) is 11.3. The van der Waals surface area contributed by atoms with Crippen molar-refractivity contribution in [3.8, 4) is 0 Å². The lowest BCUT2D eigenvalue weighted by Crippen LogP contribution is -2.54. The molecule has 0 aromatic heterocycles. The first kappa shape index (κ1) is 16.3. The maximum absolute atomic E-state index is 11.2. The van der Waals surface area contributed by atoms with E-state index in [0.29, 0.717) is 0 Å². The van der Waals surface area contributed by atoms with Gasteiger partial charge in [-0.05, 0) is 9.91 Å². The molecule has 2 amide bonds. The Kier molecular flexibility index (Phi) is 6.91. The number of hydrogen-bond donors (Lipinski definition) is 3. The van der Waals surface area contributed by atoms with Crippen LogP contribution in [0.5, 0.6) is 0 Å². The van der Waals surface area contributed by atoms with Crippen molar-refractivity contribution < 1.29 is 19.3 Å². The number of nitrogens with two attached hydrogens (primary N) is 1. The van der Waals surface area contributed by atoms with Crippen LogP contribution in [0.2, 0.25) is 0 Å². The zero-order valence-corrected chi connectivity index (χ0v) is 11.3. The molecular formula is C10H22N5O3+. The van der Waals surface area contributed by atoms with Gasteiger partial charge in [-0.2, -0.15) is 10.4 Å². The number of amides is 2. The molecule has 0 spiro atoms. The van der Waals surface area contributed by atoms with E-state index < -0.39 is 0 Å². The molecule has 0 aromatic rings. The van der Waals surface area contributed by atoms with Crippen LogP contribution >= 0.6 is 0 Å². The highest BCUT2D eigenvalue weighted by molar-refractivity contribution is 5.80. The Balaban J connectivity index is 3.93. The molecule has 0 bridgehead atoms. The average molecular weight is 260 g/mol. The molecule has 0 saturated carbocycles. The summed E-state index contributed by atoms with van der Waals surface area (Å²) in [6.45, 7) is 3.73. The van der Waals surface area contributed by atoms with E-state index in [-0.39, 0.29) is 35.6 Å². The summed E-state index contributed by atoms with van der Waals surface area (Å²) in [4.78, 5) is 27.3. The monoisotopic (exact) mass is 260 g/mol. The predicted molar refractivity (Wildman–Crippen MR) is 66.7 cm³/mol. The van der Waals surface area contributed by atoms with Crippen molar-refractivity contribution in [1.29, 1.82) is 0 Å². The Hall–Kier alpha value is -1.67. The van der Waals surface area contributed by atoms with E-state index in [1.54, 1.807) is 27.9 Å². The second-order valence-electron chi connectivity index (χ2n) is 4.36. The van der Waals surface area contributed by atoms with E-state index in [1.807, 2.05) is 0 Å². The number of hydrogen-bond acceptors (Lipinski definition) is 5. The Labute approximate surface area is 107 Å². The van der Waals surface area contributed by atoms with E-state index >= 15 is 0 Å². The first-order chi connectivity index (χ1) is 8.28. The van der Waals surface area contributed by atoms with E-state index in [0.717, 1.165) is 0 Å². The molecule has 8 nitrogen and oxygen atoms in total. The minimum atomic E-state index is -0.358. The van der Waals surface area contributed by atoms with Gasteiger partial charge in [0.25, 0.3) is 5.91 Å². The van der Waals surface area contributed by atoms with Crippen LogP contribution in [0.3, 0.4) is 0 Å². The highest BCUT2D eigenvalue weighted by Crippen LogP contribution is 1.93. The summed E-state index contributed by atoms with van der Waals surface area (Å²) < 4.78 is -0.287. The molecule has 0 unspecified atom stereocenters. The third-order valence-electron chi connectivity index (χ3n) is 1.80. The highest BCUT2D eigenvalue weighted by Gasteiger charge is 2.20. The van der Waals surface area contributed by atoms with Gasteiger partial charge in [0.2, 0.25) is 5.91 Å². The first-order valence-corrected chi connectivity index (χ1v) is 5.62. The van der Waals surface area contributed by atoms with Gasteiger partial charge in [-0.25, -0.2) is 0 Å². The SMILES string of the molecule is CC(C)C(=O)NCC=NO[N+](C)(C)NC(=O)CN. The number of oxime groups is 1. The van der Waals surface area contributed by atoms with E-state index in [2.05, 4.69) is 15.9 Å². The van der Waals surface area contributed by atoms with Crippen LogP contribution in [0.4, 0.5) is 0 Å². The molecule has 0 atom stereocenters. The minimum absolute atomic E-state index is 0.0633. The smallest absolute Gasteiger partial charge is 0.282 e. The lowest BCUT2D eigenvalue weighted by molar-refractivity contribution is -1.11. The Morgan fingerprint density at radius 1 is 1.44 bits per heavy atom. The van der Waals surface area contributed by atoms with Gasteiger partial charge >= 0.3 is 0 Å². The number of carbonyl (C=O) groups excluding carboxylic acids is 2. The number of nitrogens with one attached hydrogen (secondary N) is 2. The van der Waals surface area contributed by atoms with Crippen molar-refractivity contribution in [1.82, 2.24) is 10.7 Å². The molecule has 0 heterocycles. The fraction of sp³-hybridized carbons (Fsp3) is 0.700. The Morgan fingerprint density at radius 2 is 2.06 bits per heavy atom. The zero-order chi connectivity index (χ0) is 14.2. The molecule has 0 radical (unpaired) electrons. The van der Waals surface area contributed by atoms with Gasteiger partial charge < -0.3 is 11.1 Å². The second-order valence-corrected chi connectivity index (χ2v) is 4.36. The summed E-state index contributed by atoms with van der Waals surface area (Å²) in [5, 5.41) is 6.28. The lowest BCUT2D eigenvalue weighted by Gasteiger charge is -2.22. The summed E-state index contributed by atoms with van der Waals surface area (Å²) in [5.74, 6) is -0.495. The molecule has 0 aromatic carbocycles. The van der Waals surface area contributed by atoms with Gasteiger partial charge in [0, 0.05) is 5.92 Å². The number of quaternary nitrogens is 1. The third kappa shape index (κ3) is 7.58. The van der Waals surface area contributed by atoms with Crippen molar-refractivity contribution in [2.75, 3.05) is 27.2 Å². The molecule has 0 fully saturated rings. The average Bonchev–Trinajstić information content (AvgIpc) is 2.27. The lowest BCUT2D eigenvalue weighted by atomic mass is 10.2. The normalized spacial score (nSPS) is 11.7. The van der Waals surface area contributed by atoms with Crippen LogP contribution < -0.4 is 16.5 Å². The molecule has 0 aliphatic rings. The van der Waals surface area contributed by atoms with Gasteiger partial charge in [0.15, 0.2) is 0 Å². The fourth-order valence-corrected chi connectivity index (χ4v) is 0.905. The first-order valence-electron chi connectivity index (χ1n) is 5.62. The molecule has 0 aliphatic heterocycles. The molecule has 8 heteroatoms. The summed E-state index contributed by atoms with van der Waals surface area (Å²) >= 11 is 0. The van der Waals surface area contributed by atoms with E-state index in [1.165, 1.54) is 6.21 Å². The number of hydroxylamine groups is 2. The van der Waals surface area contributed by atoms with Gasteiger partial charge in [-0.1, -0.05) is 13.8 Å². The van der Waals surface area contributed by atoms with Gasteiger partial charge in [0.05, 0.1) is 19.3 Å². The topological polar surface area (TPSA) is 106 Å². The Bertz CT molecular complexity index is 315. The number of carbonyl (C=O) groups is 2. The van der Waals surface area contributed by atoms with Crippen LogP contribution in [0, 0.1) is 5.92 Å². The van der Waals surface area contributed by atoms with Crippen molar-refractivity contribution in [2.45, 2.75) is 13.8 Å². The number of nitrogens with zero attached hydrogens (tertiary/aromatic N) is 2. The molecule has 0 rings (SSSR count). The van der Waals surface area contributed by atoms with Gasteiger partial charge in [0.1, 0.15) is 14.1 Å². The quantitative estimate of drug-likeness (QED) is 0.302. The predicted octanol–water partition coefficient (Wildman–Crippen LogP) is -1.26. The van der Waals surface area contributed by atoms with Crippen LogP contribution in [-0.2, 0) is 14.5 Å². The summed E-state index contributed by atoms with van der Waals surface area (Å²) in [6.07, 6.45) is 1.40. The fourth-order valence-electron chi connectivity index (χ4n) is 0.905. The molecular weight excluding hydrogens is 238 g/mol. The van der Waals surface area contributed by atoms with E-state index in [9.17, 15) is 9.59 Å². The van der Waals surface area contributed by atoms with Crippen LogP contribution in [0.1, 0.15) is 13.8 Å². The van der Waals surface area contributed by atoms with Gasteiger partial charge in [-0.15, -0.1) is 0 Å². The van der Waals surface area contributed by atoms with Crippen LogP contribution in [0.15, 0.2) is 5.16 Å². The maximum atomic E-state index is 11.2. The van der Waals surface area contributed by atoms with Gasteiger partial charge in [-0.3, -0.25) is 9.59 Å². The molecule has 18 heavy (non-hydrogen) atoms. The molecule has 0 saturated heterocycles. The number of rotatable bonds is 7. The highest BCUT2D eigenvalue weighted by atomic mass is 16.9. The molecule has 104 valence electrons. The summed E-state index contributed by atoms with van der Waals surface area (Å²) in [5.41, 5.74) is 7.63. The third-order valence-corrected chi connectivity index (χ3v) is 1.80. The van der Waals surface area contributed by atoms with E-state index in [4.69, 9.17) is 10.7 Å². The molecule has 4 N–H and O–H groups in total. The second kappa shape index (κ2) is 7.62. The minimum Gasteiger partial charge on any atom is -0.351 e. The Morgan fingerprint density at radius 3 is 2.56 bits per heavy atom. The maximum Gasteiger partial charge on any atom is 0.282 e. The van der Waals surface area contributed by atoms with Crippen molar-refractivity contribution >= 4 is 18.0 Å². The standard InChI is InChI=1S/C10H21N5O3/c1-8(2)10(17)12-5-6-13-18-15(3,4)14-9(16)7-11/h6,8H,5,7,11H2,1-4H3,(H-,12,14,16,17)/p+1. The molecule has 0 aliphatic carbocycles. The van der Waals surface area contributed by atoms with Crippen LogP contribution in [-0.4, -0.2) is 50.0 Å². The van der Waals surface area contributed by atoms with Crippen molar-refractivity contribution in [2.24, 2.45) is 16.8 Å².